The standard InChI is InChI=1S/C19H10F4N2O2/c20-13-6-8-14(9-7-13)25-16(18(26)27)11-24-17(25)10-5-12-3-1-2-4-15(12)19(21,22)23/h1-4,6-9,11H,(H,26,27). The van der Waals surface area contributed by atoms with Gasteiger partial charge in [0.2, 0.25) is 0 Å². The maximum atomic E-state index is 13.1. The van der Waals surface area contributed by atoms with Crippen molar-refractivity contribution in [2.45, 2.75) is 6.18 Å². The Balaban J connectivity index is 2.13. The monoisotopic (exact) mass is 374 g/mol. The van der Waals surface area contributed by atoms with Gasteiger partial charge in [-0.3, -0.25) is 4.57 Å². The summed E-state index contributed by atoms with van der Waals surface area (Å²) < 4.78 is 53.5. The average molecular weight is 374 g/mol. The molecular weight excluding hydrogens is 364 g/mol. The molecule has 1 N–H and O–H groups in total. The third-order valence-electron chi connectivity index (χ3n) is 3.61. The van der Waals surface area contributed by atoms with Crippen molar-refractivity contribution in [2.24, 2.45) is 0 Å². The zero-order valence-corrected chi connectivity index (χ0v) is 13.5. The number of hydrogen-bond donors (Lipinski definition) is 1. The van der Waals surface area contributed by atoms with E-state index >= 15 is 0 Å². The highest BCUT2D eigenvalue weighted by molar-refractivity contribution is 5.86. The Hall–Kier alpha value is -3.60. The molecule has 0 aliphatic rings. The second-order valence-corrected chi connectivity index (χ2v) is 5.38. The number of nitrogens with zero attached hydrogens (tertiary/aromatic N) is 2. The molecule has 2 aromatic carbocycles. The van der Waals surface area contributed by atoms with E-state index in [2.05, 4.69) is 16.8 Å². The number of carbonyl (C=O) groups is 1. The molecule has 0 saturated carbocycles. The Labute approximate surface area is 150 Å². The molecule has 4 nitrogen and oxygen atoms in total. The number of carboxylic acid groups (broad SMARTS) is 1. The number of aromatic nitrogens is 2. The minimum atomic E-state index is -4.58. The van der Waals surface area contributed by atoms with Gasteiger partial charge in [0.05, 0.1) is 11.8 Å². The van der Waals surface area contributed by atoms with Crippen molar-refractivity contribution in [1.82, 2.24) is 9.55 Å². The van der Waals surface area contributed by atoms with Gasteiger partial charge in [-0.1, -0.05) is 18.1 Å². The molecule has 3 aromatic rings. The van der Waals surface area contributed by atoms with Crippen LogP contribution in [0.3, 0.4) is 0 Å². The maximum absolute atomic E-state index is 13.1. The number of hydrogen-bond acceptors (Lipinski definition) is 2. The van der Waals surface area contributed by atoms with Crippen molar-refractivity contribution in [1.29, 1.82) is 0 Å². The zero-order valence-electron chi connectivity index (χ0n) is 13.5. The lowest BCUT2D eigenvalue weighted by molar-refractivity contribution is -0.137. The Bertz CT molecular complexity index is 1060. The number of carboxylic acids is 1. The van der Waals surface area contributed by atoms with Gasteiger partial charge in [0.1, 0.15) is 5.82 Å². The van der Waals surface area contributed by atoms with Crippen LogP contribution in [0.1, 0.15) is 27.4 Å². The third kappa shape index (κ3) is 3.82. The summed E-state index contributed by atoms with van der Waals surface area (Å²) in [6.07, 6.45) is -3.55. The summed E-state index contributed by atoms with van der Waals surface area (Å²) in [5, 5.41) is 9.30. The van der Waals surface area contributed by atoms with E-state index in [0.717, 1.165) is 29.0 Å². The molecule has 0 aliphatic heterocycles. The molecule has 136 valence electrons. The quantitative estimate of drug-likeness (QED) is 0.542. The van der Waals surface area contributed by atoms with Gasteiger partial charge in [0.25, 0.3) is 0 Å². The number of alkyl halides is 3. The Morgan fingerprint density at radius 3 is 2.33 bits per heavy atom. The molecule has 0 fully saturated rings. The van der Waals surface area contributed by atoms with E-state index in [-0.39, 0.29) is 22.8 Å². The van der Waals surface area contributed by atoms with E-state index in [1.54, 1.807) is 0 Å². The number of imidazole rings is 1. The van der Waals surface area contributed by atoms with E-state index in [1.807, 2.05) is 0 Å². The highest BCUT2D eigenvalue weighted by atomic mass is 19.4. The molecule has 1 aromatic heterocycles. The fourth-order valence-electron chi connectivity index (χ4n) is 2.40. The largest absolute Gasteiger partial charge is 0.477 e. The Kier molecular flexibility index (Phi) is 4.69. The smallest absolute Gasteiger partial charge is 0.417 e. The first-order valence-electron chi connectivity index (χ1n) is 7.52. The first-order valence-corrected chi connectivity index (χ1v) is 7.52. The summed E-state index contributed by atoms with van der Waals surface area (Å²) in [5.74, 6) is 2.94. The third-order valence-corrected chi connectivity index (χ3v) is 3.61. The van der Waals surface area contributed by atoms with Crippen LogP contribution < -0.4 is 0 Å². The molecule has 0 bridgehead atoms. The lowest BCUT2D eigenvalue weighted by atomic mass is 10.1. The second-order valence-electron chi connectivity index (χ2n) is 5.38. The predicted molar refractivity (Wildman–Crippen MR) is 87.9 cm³/mol. The lowest BCUT2D eigenvalue weighted by Crippen LogP contribution is -2.09. The summed E-state index contributed by atoms with van der Waals surface area (Å²) in [6, 6.07) is 9.65. The van der Waals surface area contributed by atoms with Crippen molar-refractivity contribution in [3.8, 4) is 17.5 Å². The molecule has 3 rings (SSSR count). The molecule has 8 heteroatoms. The Morgan fingerprint density at radius 2 is 1.70 bits per heavy atom. The van der Waals surface area contributed by atoms with Crippen molar-refractivity contribution >= 4 is 5.97 Å². The Morgan fingerprint density at radius 1 is 1.04 bits per heavy atom. The molecule has 1 heterocycles. The van der Waals surface area contributed by atoms with Crippen LogP contribution in [-0.4, -0.2) is 20.6 Å². The van der Waals surface area contributed by atoms with Crippen LogP contribution in [0.15, 0.2) is 54.7 Å². The molecule has 0 radical (unpaired) electrons. The second kappa shape index (κ2) is 6.96. The number of halogens is 4. The summed E-state index contributed by atoms with van der Waals surface area (Å²) in [4.78, 5) is 15.3. The van der Waals surface area contributed by atoms with E-state index in [9.17, 15) is 27.5 Å². The topological polar surface area (TPSA) is 55.1 Å². The summed E-state index contributed by atoms with van der Waals surface area (Å²) >= 11 is 0. The lowest BCUT2D eigenvalue weighted by Gasteiger charge is -2.08. The zero-order chi connectivity index (χ0) is 19.6. The van der Waals surface area contributed by atoms with Crippen molar-refractivity contribution in [2.75, 3.05) is 0 Å². The molecule has 27 heavy (non-hydrogen) atoms. The van der Waals surface area contributed by atoms with Gasteiger partial charge in [0, 0.05) is 11.3 Å². The van der Waals surface area contributed by atoms with Crippen LogP contribution >= 0.6 is 0 Å². The van der Waals surface area contributed by atoms with Gasteiger partial charge in [-0.2, -0.15) is 13.2 Å². The maximum Gasteiger partial charge on any atom is 0.417 e. The van der Waals surface area contributed by atoms with Gasteiger partial charge in [-0.05, 0) is 42.3 Å². The van der Waals surface area contributed by atoms with Gasteiger partial charge >= 0.3 is 12.1 Å². The van der Waals surface area contributed by atoms with Crippen LogP contribution in [0.2, 0.25) is 0 Å². The highest BCUT2D eigenvalue weighted by Gasteiger charge is 2.32. The SMILES string of the molecule is O=C(O)c1cnc(C#Cc2ccccc2C(F)(F)F)n1-c1ccc(F)cc1. The normalized spacial score (nSPS) is 11.0. The molecule has 0 unspecified atom stereocenters. The molecule has 0 amide bonds. The van der Waals surface area contributed by atoms with Crippen molar-refractivity contribution in [3.05, 3.63) is 83.2 Å². The minimum Gasteiger partial charge on any atom is -0.477 e. The van der Waals surface area contributed by atoms with Gasteiger partial charge in [-0.15, -0.1) is 0 Å². The summed E-state index contributed by atoms with van der Waals surface area (Å²) in [6.45, 7) is 0. The number of benzene rings is 2. The van der Waals surface area contributed by atoms with Gasteiger partial charge < -0.3 is 5.11 Å². The minimum absolute atomic E-state index is 0.0871. The van der Waals surface area contributed by atoms with Crippen LogP contribution in [-0.2, 0) is 6.18 Å². The van der Waals surface area contributed by atoms with Gasteiger partial charge in [0.15, 0.2) is 11.5 Å². The molecule has 0 aliphatic carbocycles. The van der Waals surface area contributed by atoms with E-state index in [1.165, 1.54) is 30.3 Å². The van der Waals surface area contributed by atoms with Gasteiger partial charge in [-0.25, -0.2) is 14.2 Å². The molecular formula is C19H10F4N2O2. The summed E-state index contributed by atoms with van der Waals surface area (Å²) in [5.41, 5.74) is -1.17. The van der Waals surface area contributed by atoms with Crippen molar-refractivity contribution in [3.63, 3.8) is 0 Å². The molecule has 0 spiro atoms. The summed E-state index contributed by atoms with van der Waals surface area (Å²) in [7, 11) is 0. The fraction of sp³-hybridized carbons (Fsp3) is 0.0526. The highest BCUT2D eigenvalue weighted by Crippen LogP contribution is 2.31. The van der Waals surface area contributed by atoms with Crippen LogP contribution in [0.25, 0.3) is 5.69 Å². The van der Waals surface area contributed by atoms with Crippen LogP contribution in [0.5, 0.6) is 0 Å². The first kappa shape index (κ1) is 18.2. The number of aromatic carboxylic acids is 1. The molecule has 0 atom stereocenters. The van der Waals surface area contributed by atoms with Crippen molar-refractivity contribution < 1.29 is 27.5 Å². The number of rotatable bonds is 2. The molecule has 0 saturated heterocycles. The fourth-order valence-corrected chi connectivity index (χ4v) is 2.40. The first-order chi connectivity index (χ1) is 12.8. The van der Waals surface area contributed by atoms with E-state index in [4.69, 9.17) is 0 Å². The average Bonchev–Trinajstić information content (AvgIpc) is 3.04. The van der Waals surface area contributed by atoms with E-state index < -0.39 is 23.5 Å². The van der Waals surface area contributed by atoms with Crippen LogP contribution in [0, 0.1) is 17.7 Å². The van der Waals surface area contributed by atoms with E-state index in [0.29, 0.717) is 0 Å². The predicted octanol–water partition coefficient (Wildman–Crippen LogP) is 4.13. The van der Waals surface area contributed by atoms with Crippen LogP contribution in [0.4, 0.5) is 17.6 Å².